The van der Waals surface area contributed by atoms with Crippen LogP contribution in [0.1, 0.15) is 0 Å². The summed E-state index contributed by atoms with van der Waals surface area (Å²) < 4.78 is 2.37. The molecule has 0 unspecified atom stereocenters. The van der Waals surface area contributed by atoms with Gasteiger partial charge in [0, 0.05) is 27.4 Å². The molecule has 0 fully saturated rings. The Labute approximate surface area is 261 Å². The number of pyridine rings is 1. The Morgan fingerprint density at radius 1 is 0.400 bits per heavy atom. The van der Waals surface area contributed by atoms with Crippen molar-refractivity contribution >= 4 is 43.5 Å². The van der Waals surface area contributed by atoms with Crippen molar-refractivity contribution in [1.29, 1.82) is 0 Å². The molecular formula is C43H28N2. The van der Waals surface area contributed by atoms with Gasteiger partial charge in [-0.1, -0.05) is 127 Å². The highest BCUT2D eigenvalue weighted by molar-refractivity contribution is 6.14. The molecule has 7 aromatic carbocycles. The van der Waals surface area contributed by atoms with E-state index in [0.29, 0.717) is 0 Å². The zero-order valence-corrected chi connectivity index (χ0v) is 24.6. The van der Waals surface area contributed by atoms with Crippen molar-refractivity contribution in [3.8, 4) is 39.2 Å². The van der Waals surface area contributed by atoms with Crippen molar-refractivity contribution < 1.29 is 0 Å². The maximum Gasteiger partial charge on any atom is 0.0722 e. The van der Waals surface area contributed by atoms with Crippen molar-refractivity contribution in [3.63, 3.8) is 0 Å². The molecular weight excluding hydrogens is 544 g/mol. The van der Waals surface area contributed by atoms with Gasteiger partial charge in [0.25, 0.3) is 0 Å². The number of hydrogen-bond acceptors (Lipinski definition) is 1. The summed E-state index contributed by atoms with van der Waals surface area (Å²) in [6, 6.07) is 60.8. The monoisotopic (exact) mass is 572 g/mol. The van der Waals surface area contributed by atoms with E-state index in [0.717, 1.165) is 28.0 Å². The summed E-state index contributed by atoms with van der Waals surface area (Å²) in [5.41, 5.74) is 11.4. The minimum atomic E-state index is 0.969. The predicted molar refractivity (Wildman–Crippen MR) is 190 cm³/mol. The Hall–Kier alpha value is -5.99. The van der Waals surface area contributed by atoms with Gasteiger partial charge < -0.3 is 4.57 Å². The topological polar surface area (TPSA) is 17.8 Å². The molecule has 0 spiro atoms. The van der Waals surface area contributed by atoms with E-state index in [2.05, 4.69) is 174 Å². The number of hydrogen-bond donors (Lipinski definition) is 0. The third-order valence-corrected chi connectivity index (χ3v) is 8.96. The summed E-state index contributed by atoms with van der Waals surface area (Å²) >= 11 is 0. The van der Waals surface area contributed by atoms with Crippen LogP contribution in [0, 0.1) is 0 Å². The van der Waals surface area contributed by atoms with Gasteiger partial charge in [0.15, 0.2) is 0 Å². The van der Waals surface area contributed by atoms with Gasteiger partial charge in [0.1, 0.15) is 0 Å². The van der Waals surface area contributed by atoms with Gasteiger partial charge in [-0.05, 0) is 75.5 Å². The first kappa shape index (κ1) is 25.5. The molecule has 0 aliphatic carbocycles. The maximum absolute atomic E-state index is 5.24. The Kier molecular flexibility index (Phi) is 5.85. The van der Waals surface area contributed by atoms with Gasteiger partial charge in [-0.3, -0.25) is 0 Å². The fraction of sp³-hybridized carbons (Fsp3) is 0. The largest absolute Gasteiger partial charge is 0.309 e. The van der Waals surface area contributed by atoms with Crippen LogP contribution in [0.25, 0.3) is 82.7 Å². The van der Waals surface area contributed by atoms with Crippen LogP contribution in [0.3, 0.4) is 0 Å². The summed E-state index contributed by atoms with van der Waals surface area (Å²) in [7, 11) is 0. The van der Waals surface area contributed by atoms with Gasteiger partial charge in [0.05, 0.1) is 22.2 Å². The molecule has 9 rings (SSSR count). The minimum absolute atomic E-state index is 0.969. The average molecular weight is 573 g/mol. The lowest BCUT2D eigenvalue weighted by Crippen LogP contribution is -1.94. The van der Waals surface area contributed by atoms with Crippen molar-refractivity contribution in [2.24, 2.45) is 0 Å². The molecule has 0 N–H and O–H groups in total. The van der Waals surface area contributed by atoms with Crippen LogP contribution in [-0.4, -0.2) is 9.55 Å². The Morgan fingerprint density at radius 2 is 1.00 bits per heavy atom. The zero-order valence-electron chi connectivity index (χ0n) is 24.6. The van der Waals surface area contributed by atoms with E-state index in [4.69, 9.17) is 4.98 Å². The first-order valence-electron chi connectivity index (χ1n) is 15.4. The highest BCUT2D eigenvalue weighted by atomic mass is 15.0. The van der Waals surface area contributed by atoms with E-state index in [1.165, 1.54) is 54.7 Å². The molecule has 0 radical (unpaired) electrons. The van der Waals surface area contributed by atoms with Crippen molar-refractivity contribution in [2.75, 3.05) is 0 Å². The van der Waals surface area contributed by atoms with Gasteiger partial charge in [0.2, 0.25) is 0 Å². The molecule has 2 nitrogen and oxygen atoms in total. The normalized spacial score (nSPS) is 11.6. The van der Waals surface area contributed by atoms with Gasteiger partial charge in [-0.2, -0.15) is 0 Å². The van der Waals surface area contributed by atoms with Crippen LogP contribution in [0.4, 0.5) is 0 Å². The third-order valence-electron chi connectivity index (χ3n) is 8.96. The molecule has 0 bridgehead atoms. The summed E-state index contributed by atoms with van der Waals surface area (Å²) in [6.07, 6.45) is 0. The summed E-state index contributed by atoms with van der Waals surface area (Å²) in [4.78, 5) is 5.24. The lowest BCUT2D eigenvalue weighted by Gasteiger charge is -2.14. The van der Waals surface area contributed by atoms with Crippen LogP contribution < -0.4 is 0 Å². The van der Waals surface area contributed by atoms with E-state index < -0.39 is 0 Å². The highest BCUT2D eigenvalue weighted by Crippen LogP contribution is 2.38. The number of aromatic nitrogens is 2. The Bertz CT molecular complexity index is 2490. The fourth-order valence-corrected chi connectivity index (χ4v) is 6.88. The second-order valence-electron chi connectivity index (χ2n) is 11.6. The molecule has 210 valence electrons. The summed E-state index contributed by atoms with van der Waals surface area (Å²) in [6.45, 7) is 0. The van der Waals surface area contributed by atoms with Gasteiger partial charge >= 0.3 is 0 Å². The number of fused-ring (bicyclic) bond motifs is 6. The van der Waals surface area contributed by atoms with E-state index in [9.17, 15) is 0 Å². The second-order valence-corrected chi connectivity index (χ2v) is 11.6. The van der Waals surface area contributed by atoms with Crippen molar-refractivity contribution in [3.05, 3.63) is 170 Å². The number of nitrogens with zero attached hydrogens (tertiary/aromatic N) is 2. The molecule has 9 aromatic rings. The molecule has 45 heavy (non-hydrogen) atoms. The van der Waals surface area contributed by atoms with Crippen LogP contribution >= 0.6 is 0 Å². The molecule has 0 aliphatic rings. The highest BCUT2D eigenvalue weighted by Gasteiger charge is 2.15. The second kappa shape index (κ2) is 10.3. The summed E-state index contributed by atoms with van der Waals surface area (Å²) in [5, 5.41) is 6.18. The molecule has 2 aromatic heterocycles. The number of benzene rings is 7. The first-order valence-corrected chi connectivity index (χ1v) is 15.4. The average Bonchev–Trinajstić information content (AvgIpc) is 3.46. The first-order chi connectivity index (χ1) is 22.3. The molecule has 0 amide bonds. The maximum atomic E-state index is 5.24. The van der Waals surface area contributed by atoms with Crippen LogP contribution in [0.5, 0.6) is 0 Å². The smallest absolute Gasteiger partial charge is 0.0722 e. The molecule has 0 saturated carbocycles. The summed E-state index contributed by atoms with van der Waals surface area (Å²) in [5.74, 6) is 0. The molecule has 0 saturated heterocycles. The minimum Gasteiger partial charge on any atom is -0.309 e. The van der Waals surface area contributed by atoms with Crippen LogP contribution in [0.2, 0.25) is 0 Å². The third kappa shape index (κ3) is 4.22. The van der Waals surface area contributed by atoms with Gasteiger partial charge in [-0.25, -0.2) is 4.98 Å². The predicted octanol–water partition coefficient (Wildman–Crippen LogP) is 11.5. The SMILES string of the molecule is c1ccc(-c2cc(-c3cccc(-c4cccc(-n5c6ccccc6c6ccccc65)c4)c3)nc3ccc4ccccc4c23)cc1. The molecule has 0 aliphatic heterocycles. The van der Waals surface area contributed by atoms with E-state index in [-0.39, 0.29) is 0 Å². The standard InChI is InChI=1S/C43H28N2/c1-2-12-29(13-3-1)38-28-40(44-39-25-24-30-14-4-5-19-35(30)43(38)39)33-17-10-15-31(26-33)32-16-11-18-34(27-32)45-41-22-8-6-20-36(41)37-21-7-9-23-42(37)45/h1-28H. The molecule has 2 heterocycles. The molecule has 0 atom stereocenters. The fourth-order valence-electron chi connectivity index (χ4n) is 6.88. The Balaban J connectivity index is 1.20. The Morgan fingerprint density at radius 3 is 1.78 bits per heavy atom. The zero-order chi connectivity index (χ0) is 29.7. The number of rotatable bonds is 4. The number of para-hydroxylation sites is 2. The van der Waals surface area contributed by atoms with E-state index >= 15 is 0 Å². The van der Waals surface area contributed by atoms with Crippen LogP contribution in [-0.2, 0) is 0 Å². The van der Waals surface area contributed by atoms with E-state index in [1.807, 2.05) is 0 Å². The van der Waals surface area contributed by atoms with Crippen molar-refractivity contribution in [1.82, 2.24) is 9.55 Å². The lowest BCUT2D eigenvalue weighted by atomic mass is 9.94. The quantitative estimate of drug-likeness (QED) is 0.192. The van der Waals surface area contributed by atoms with E-state index in [1.54, 1.807) is 0 Å². The lowest BCUT2D eigenvalue weighted by molar-refractivity contribution is 1.18. The van der Waals surface area contributed by atoms with Crippen molar-refractivity contribution in [2.45, 2.75) is 0 Å². The molecule has 2 heteroatoms. The van der Waals surface area contributed by atoms with Gasteiger partial charge in [-0.15, -0.1) is 0 Å². The van der Waals surface area contributed by atoms with Crippen LogP contribution in [0.15, 0.2) is 170 Å².